The number of anilines is 1. The molecule has 1 aromatic rings. The number of rotatable bonds is 4. The van der Waals surface area contributed by atoms with Crippen molar-refractivity contribution in [2.24, 2.45) is 5.92 Å². The van der Waals surface area contributed by atoms with E-state index in [1.54, 1.807) is 18.2 Å². The molecular weight excluding hydrogens is 242 g/mol. The molecular formula is C15H21NO3. The van der Waals surface area contributed by atoms with E-state index in [1.165, 1.54) is 39.2 Å². The fraction of sp³-hybridized carbons (Fsp3) is 0.533. The summed E-state index contributed by atoms with van der Waals surface area (Å²) in [6.45, 7) is 0.646. The van der Waals surface area contributed by atoms with Gasteiger partial charge in [-0.15, -0.1) is 0 Å². The minimum atomic E-state index is -0.390. The number of hydrogen-bond donors (Lipinski definition) is 1. The molecule has 0 unspecified atom stereocenters. The van der Waals surface area contributed by atoms with Gasteiger partial charge in [-0.1, -0.05) is 19.3 Å². The number of carbonyl (C=O) groups is 1. The fourth-order valence-corrected chi connectivity index (χ4v) is 2.50. The van der Waals surface area contributed by atoms with Crippen molar-refractivity contribution in [2.45, 2.75) is 32.1 Å². The summed E-state index contributed by atoms with van der Waals surface area (Å²) < 4.78 is 10.5. The second-order valence-electron chi connectivity index (χ2n) is 5.06. The van der Waals surface area contributed by atoms with Crippen molar-refractivity contribution in [1.82, 2.24) is 0 Å². The SMILES string of the molecule is COC(=O)c1ccc(N)cc1OCC1CCCCC1. The van der Waals surface area contributed by atoms with E-state index in [0.717, 1.165) is 0 Å². The Morgan fingerprint density at radius 3 is 2.74 bits per heavy atom. The summed E-state index contributed by atoms with van der Waals surface area (Å²) in [5.41, 5.74) is 6.77. The molecule has 0 aliphatic heterocycles. The Kier molecular flexibility index (Phi) is 4.66. The Hall–Kier alpha value is -1.71. The van der Waals surface area contributed by atoms with Crippen LogP contribution < -0.4 is 10.5 Å². The maximum absolute atomic E-state index is 11.7. The molecule has 0 saturated heterocycles. The molecule has 2 rings (SSSR count). The van der Waals surface area contributed by atoms with Crippen LogP contribution in [0.2, 0.25) is 0 Å². The van der Waals surface area contributed by atoms with Crippen LogP contribution in [0.25, 0.3) is 0 Å². The standard InChI is InChI=1S/C15H21NO3/c1-18-15(17)13-8-7-12(16)9-14(13)19-10-11-5-3-2-4-6-11/h7-9,11H,2-6,10,16H2,1H3. The molecule has 0 radical (unpaired) electrons. The van der Waals surface area contributed by atoms with Gasteiger partial charge in [-0.2, -0.15) is 0 Å². The third-order valence-electron chi connectivity index (χ3n) is 3.61. The molecule has 0 heterocycles. The van der Waals surface area contributed by atoms with E-state index in [2.05, 4.69) is 0 Å². The summed E-state index contributed by atoms with van der Waals surface area (Å²) >= 11 is 0. The van der Waals surface area contributed by atoms with Crippen LogP contribution in [0.5, 0.6) is 5.75 Å². The maximum Gasteiger partial charge on any atom is 0.341 e. The van der Waals surface area contributed by atoms with E-state index in [4.69, 9.17) is 15.2 Å². The normalized spacial score (nSPS) is 16.1. The molecule has 2 N–H and O–H groups in total. The van der Waals surface area contributed by atoms with Crippen LogP contribution >= 0.6 is 0 Å². The molecule has 104 valence electrons. The average Bonchev–Trinajstić information content (AvgIpc) is 2.45. The molecule has 19 heavy (non-hydrogen) atoms. The summed E-state index contributed by atoms with van der Waals surface area (Å²) in [6.07, 6.45) is 6.28. The molecule has 1 aliphatic rings. The number of benzene rings is 1. The number of nitrogens with two attached hydrogens (primary N) is 1. The number of carbonyl (C=O) groups excluding carboxylic acids is 1. The number of esters is 1. The largest absolute Gasteiger partial charge is 0.492 e. The van der Waals surface area contributed by atoms with Gasteiger partial charge in [-0.25, -0.2) is 4.79 Å². The third kappa shape index (κ3) is 3.63. The zero-order chi connectivity index (χ0) is 13.7. The van der Waals surface area contributed by atoms with Crippen LogP contribution in [0.3, 0.4) is 0 Å². The average molecular weight is 263 g/mol. The molecule has 0 amide bonds. The third-order valence-corrected chi connectivity index (χ3v) is 3.61. The smallest absolute Gasteiger partial charge is 0.341 e. The number of methoxy groups -OCH3 is 1. The van der Waals surface area contributed by atoms with E-state index in [1.807, 2.05) is 0 Å². The predicted octanol–water partition coefficient (Wildman–Crippen LogP) is 3.01. The Labute approximate surface area is 113 Å². The van der Waals surface area contributed by atoms with Gasteiger partial charge in [0.2, 0.25) is 0 Å². The van der Waals surface area contributed by atoms with Gasteiger partial charge < -0.3 is 15.2 Å². The van der Waals surface area contributed by atoms with Crippen LogP contribution in [-0.2, 0) is 4.74 Å². The first-order valence-corrected chi connectivity index (χ1v) is 6.81. The molecule has 4 nitrogen and oxygen atoms in total. The minimum absolute atomic E-state index is 0.390. The minimum Gasteiger partial charge on any atom is -0.492 e. The van der Waals surface area contributed by atoms with E-state index in [9.17, 15) is 4.79 Å². The summed E-state index contributed by atoms with van der Waals surface area (Å²) in [5.74, 6) is 0.719. The summed E-state index contributed by atoms with van der Waals surface area (Å²) in [5, 5.41) is 0. The highest BCUT2D eigenvalue weighted by molar-refractivity contribution is 5.93. The second kappa shape index (κ2) is 6.45. The monoisotopic (exact) mass is 263 g/mol. The molecule has 0 atom stereocenters. The van der Waals surface area contributed by atoms with Crippen LogP contribution in [0.15, 0.2) is 18.2 Å². The van der Waals surface area contributed by atoms with Crippen LogP contribution in [0, 0.1) is 5.92 Å². The van der Waals surface area contributed by atoms with Gasteiger partial charge in [0.25, 0.3) is 0 Å². The van der Waals surface area contributed by atoms with Crippen molar-refractivity contribution >= 4 is 11.7 Å². The molecule has 4 heteroatoms. The lowest BCUT2D eigenvalue weighted by molar-refractivity contribution is 0.0594. The van der Waals surface area contributed by atoms with Gasteiger partial charge in [0.15, 0.2) is 0 Å². The van der Waals surface area contributed by atoms with E-state index < -0.39 is 5.97 Å². The van der Waals surface area contributed by atoms with Crippen LogP contribution in [0.1, 0.15) is 42.5 Å². The zero-order valence-electron chi connectivity index (χ0n) is 11.4. The van der Waals surface area contributed by atoms with Gasteiger partial charge in [-0.05, 0) is 30.9 Å². The van der Waals surface area contributed by atoms with E-state index in [-0.39, 0.29) is 0 Å². The lowest BCUT2D eigenvalue weighted by Gasteiger charge is -2.22. The zero-order valence-corrected chi connectivity index (χ0v) is 11.4. The summed E-state index contributed by atoms with van der Waals surface area (Å²) in [4.78, 5) is 11.7. The van der Waals surface area contributed by atoms with Crippen molar-refractivity contribution in [3.8, 4) is 5.75 Å². The van der Waals surface area contributed by atoms with E-state index >= 15 is 0 Å². The van der Waals surface area contributed by atoms with Crippen molar-refractivity contribution in [1.29, 1.82) is 0 Å². The predicted molar refractivity (Wildman–Crippen MR) is 74.3 cm³/mol. The number of ether oxygens (including phenoxy) is 2. The second-order valence-corrected chi connectivity index (χ2v) is 5.06. The lowest BCUT2D eigenvalue weighted by atomic mass is 9.90. The quantitative estimate of drug-likeness (QED) is 0.670. The first kappa shape index (κ1) is 13.7. The number of hydrogen-bond acceptors (Lipinski definition) is 4. The lowest BCUT2D eigenvalue weighted by Crippen LogP contribution is -2.16. The fourth-order valence-electron chi connectivity index (χ4n) is 2.50. The van der Waals surface area contributed by atoms with E-state index in [0.29, 0.717) is 29.5 Å². The first-order chi connectivity index (χ1) is 9.20. The Morgan fingerprint density at radius 2 is 2.05 bits per heavy atom. The van der Waals surface area contributed by atoms with Gasteiger partial charge in [-0.3, -0.25) is 0 Å². The van der Waals surface area contributed by atoms with Gasteiger partial charge >= 0.3 is 5.97 Å². The topological polar surface area (TPSA) is 61.5 Å². The van der Waals surface area contributed by atoms with Crippen molar-refractivity contribution in [2.75, 3.05) is 19.5 Å². The van der Waals surface area contributed by atoms with Crippen LogP contribution in [0.4, 0.5) is 5.69 Å². The Bertz CT molecular complexity index is 439. The highest BCUT2D eigenvalue weighted by atomic mass is 16.5. The molecule has 1 saturated carbocycles. The van der Waals surface area contributed by atoms with Crippen molar-refractivity contribution < 1.29 is 14.3 Å². The van der Waals surface area contributed by atoms with Crippen LogP contribution in [-0.4, -0.2) is 19.7 Å². The Balaban J connectivity index is 2.05. The maximum atomic E-state index is 11.7. The Morgan fingerprint density at radius 1 is 1.32 bits per heavy atom. The molecule has 1 fully saturated rings. The van der Waals surface area contributed by atoms with Gasteiger partial charge in [0.1, 0.15) is 11.3 Å². The molecule has 0 bridgehead atoms. The van der Waals surface area contributed by atoms with Crippen molar-refractivity contribution in [3.05, 3.63) is 23.8 Å². The highest BCUT2D eigenvalue weighted by Crippen LogP contribution is 2.27. The highest BCUT2D eigenvalue weighted by Gasteiger charge is 2.17. The molecule has 0 aromatic heterocycles. The molecule has 0 spiro atoms. The van der Waals surface area contributed by atoms with Gasteiger partial charge in [0.05, 0.1) is 13.7 Å². The van der Waals surface area contributed by atoms with Crippen molar-refractivity contribution in [3.63, 3.8) is 0 Å². The molecule has 1 aromatic carbocycles. The van der Waals surface area contributed by atoms with Gasteiger partial charge in [0, 0.05) is 11.8 Å². The first-order valence-electron chi connectivity index (χ1n) is 6.81. The number of nitrogen functional groups attached to an aromatic ring is 1. The summed E-state index contributed by atoms with van der Waals surface area (Å²) in [6, 6.07) is 5.02. The summed E-state index contributed by atoms with van der Waals surface area (Å²) in [7, 11) is 1.36. The molecule has 1 aliphatic carbocycles.